The van der Waals surface area contributed by atoms with Crippen LogP contribution in [0.1, 0.15) is 40.5 Å². The van der Waals surface area contributed by atoms with Crippen LogP contribution in [0.15, 0.2) is 77.7 Å². The highest BCUT2D eigenvalue weighted by atomic mass is 16.2. The van der Waals surface area contributed by atoms with Crippen LogP contribution in [0.5, 0.6) is 0 Å². The molecule has 0 saturated heterocycles. The van der Waals surface area contributed by atoms with Gasteiger partial charge in [-0.1, -0.05) is 54.6 Å². The van der Waals surface area contributed by atoms with Gasteiger partial charge in [-0.25, -0.2) is 0 Å². The van der Waals surface area contributed by atoms with E-state index >= 15 is 0 Å². The van der Waals surface area contributed by atoms with Gasteiger partial charge in [-0.05, 0) is 40.7 Å². The summed E-state index contributed by atoms with van der Waals surface area (Å²) in [7, 11) is 0. The van der Waals surface area contributed by atoms with Gasteiger partial charge in [0.05, 0.1) is 0 Å². The van der Waals surface area contributed by atoms with Gasteiger partial charge in [-0.3, -0.25) is 9.59 Å². The Morgan fingerprint density at radius 3 is 2.14 bits per heavy atom. The average molecular weight is 370 g/mol. The van der Waals surface area contributed by atoms with Crippen LogP contribution in [-0.2, 0) is 11.3 Å². The van der Waals surface area contributed by atoms with Gasteiger partial charge in [-0.15, -0.1) is 0 Å². The second kappa shape index (κ2) is 6.79. The van der Waals surface area contributed by atoms with Crippen molar-refractivity contribution in [1.82, 2.24) is 9.88 Å². The molecule has 4 heteroatoms. The second-order valence-corrected chi connectivity index (χ2v) is 7.75. The maximum atomic E-state index is 12.4. The van der Waals surface area contributed by atoms with Crippen molar-refractivity contribution >= 4 is 5.91 Å². The first-order valence-electron chi connectivity index (χ1n) is 9.82. The summed E-state index contributed by atoms with van der Waals surface area (Å²) in [5.41, 5.74) is 5.51. The summed E-state index contributed by atoms with van der Waals surface area (Å²) in [4.78, 5) is 24.3. The lowest BCUT2D eigenvalue weighted by Gasteiger charge is -2.45. The molecule has 0 aliphatic heterocycles. The number of pyridine rings is 1. The van der Waals surface area contributed by atoms with Crippen LogP contribution >= 0.6 is 0 Å². The van der Waals surface area contributed by atoms with E-state index in [1.165, 1.54) is 32.9 Å². The highest BCUT2D eigenvalue weighted by molar-refractivity contribution is 5.75. The summed E-state index contributed by atoms with van der Waals surface area (Å²) in [6.45, 7) is 0.692. The fourth-order valence-electron chi connectivity index (χ4n) is 5.01. The van der Waals surface area contributed by atoms with E-state index < -0.39 is 0 Å². The first-order chi connectivity index (χ1) is 13.7. The molecule has 0 saturated carbocycles. The summed E-state index contributed by atoms with van der Waals surface area (Å²) in [6, 6.07) is 22.4. The Hall–Kier alpha value is -3.14. The zero-order valence-electron chi connectivity index (χ0n) is 15.5. The van der Waals surface area contributed by atoms with Crippen molar-refractivity contribution in [2.24, 2.45) is 5.92 Å². The third-order valence-corrected chi connectivity index (χ3v) is 6.20. The fourth-order valence-corrected chi connectivity index (χ4v) is 5.01. The Balaban J connectivity index is 1.37. The maximum Gasteiger partial charge on any atom is 0.250 e. The van der Waals surface area contributed by atoms with Crippen LogP contribution in [0.3, 0.4) is 0 Å². The molecule has 3 aliphatic carbocycles. The van der Waals surface area contributed by atoms with Gasteiger partial charge < -0.3 is 9.88 Å². The van der Waals surface area contributed by atoms with Crippen molar-refractivity contribution in [3.05, 3.63) is 106 Å². The molecule has 3 aromatic rings. The van der Waals surface area contributed by atoms with Crippen molar-refractivity contribution in [1.29, 1.82) is 0 Å². The molecule has 6 rings (SSSR count). The molecule has 1 N–H and O–H groups in total. The van der Waals surface area contributed by atoms with Gasteiger partial charge in [0.25, 0.3) is 5.56 Å². The van der Waals surface area contributed by atoms with E-state index in [1.54, 1.807) is 18.3 Å². The molecule has 28 heavy (non-hydrogen) atoms. The van der Waals surface area contributed by atoms with E-state index in [9.17, 15) is 9.59 Å². The number of hydrogen-bond donors (Lipinski definition) is 1. The summed E-state index contributed by atoms with van der Waals surface area (Å²) >= 11 is 0. The largest absolute Gasteiger partial charge is 0.354 e. The Kier molecular flexibility index (Phi) is 4.12. The highest BCUT2D eigenvalue weighted by Crippen LogP contribution is 2.55. The summed E-state index contributed by atoms with van der Waals surface area (Å²) in [6.07, 6.45) is 2.70. The van der Waals surface area contributed by atoms with Crippen LogP contribution in [0.25, 0.3) is 0 Å². The van der Waals surface area contributed by atoms with Crippen LogP contribution in [0.2, 0.25) is 0 Å². The van der Waals surface area contributed by atoms with Crippen molar-refractivity contribution < 1.29 is 4.79 Å². The van der Waals surface area contributed by atoms with Crippen molar-refractivity contribution in [2.75, 3.05) is 6.54 Å². The molecule has 2 aromatic carbocycles. The van der Waals surface area contributed by atoms with E-state index in [4.69, 9.17) is 0 Å². The number of carbonyl (C=O) groups excluding carboxylic acids is 1. The van der Waals surface area contributed by atoms with Gasteiger partial charge in [0.2, 0.25) is 5.91 Å². The predicted octanol–water partition coefficient (Wildman–Crippen LogP) is 3.26. The zero-order chi connectivity index (χ0) is 19.1. The van der Waals surface area contributed by atoms with Crippen molar-refractivity contribution in [2.45, 2.75) is 24.8 Å². The van der Waals surface area contributed by atoms with Crippen molar-refractivity contribution in [3.63, 3.8) is 0 Å². The summed E-state index contributed by atoms with van der Waals surface area (Å²) in [5, 5.41) is 3.08. The van der Waals surface area contributed by atoms with Crippen LogP contribution in [0, 0.1) is 5.92 Å². The van der Waals surface area contributed by atoms with Gasteiger partial charge in [0, 0.05) is 30.6 Å². The molecular weight excluding hydrogens is 348 g/mol. The lowest BCUT2D eigenvalue weighted by molar-refractivity contribution is -0.121. The van der Waals surface area contributed by atoms with E-state index in [-0.39, 0.29) is 18.0 Å². The number of nitrogens with one attached hydrogen (secondary N) is 1. The Morgan fingerprint density at radius 1 is 0.893 bits per heavy atom. The van der Waals surface area contributed by atoms with Gasteiger partial charge in [-0.2, -0.15) is 0 Å². The molecule has 1 heterocycles. The minimum absolute atomic E-state index is 0.0632. The Bertz CT molecular complexity index is 1050. The third kappa shape index (κ3) is 2.76. The Labute approximate surface area is 163 Å². The molecule has 3 aliphatic rings. The lowest BCUT2D eigenvalue weighted by Crippen LogP contribution is -2.40. The molecule has 1 atom stereocenters. The van der Waals surface area contributed by atoms with Crippen LogP contribution < -0.4 is 10.9 Å². The number of nitrogens with zero attached hydrogens (tertiary/aromatic N) is 1. The quantitative estimate of drug-likeness (QED) is 0.766. The molecule has 0 radical (unpaired) electrons. The fraction of sp³-hybridized carbons (Fsp3) is 0.250. The number of rotatable bonds is 4. The maximum absolute atomic E-state index is 12.4. The predicted molar refractivity (Wildman–Crippen MR) is 108 cm³/mol. The molecule has 0 spiro atoms. The molecule has 0 fully saturated rings. The summed E-state index contributed by atoms with van der Waals surface area (Å²) < 4.78 is 1.44. The minimum Gasteiger partial charge on any atom is -0.354 e. The minimum atomic E-state index is -0.155. The second-order valence-electron chi connectivity index (χ2n) is 7.75. The van der Waals surface area contributed by atoms with Gasteiger partial charge in [0.15, 0.2) is 0 Å². The average Bonchev–Trinajstić information content (AvgIpc) is 2.74. The van der Waals surface area contributed by atoms with E-state index in [0.29, 0.717) is 24.3 Å². The smallest absolute Gasteiger partial charge is 0.250 e. The first kappa shape index (κ1) is 17.0. The molecule has 1 amide bonds. The summed E-state index contributed by atoms with van der Waals surface area (Å²) in [5.74, 6) is 0.968. The molecule has 4 nitrogen and oxygen atoms in total. The lowest BCUT2D eigenvalue weighted by atomic mass is 9.59. The van der Waals surface area contributed by atoms with Crippen LogP contribution in [-0.4, -0.2) is 17.0 Å². The van der Waals surface area contributed by atoms with Crippen molar-refractivity contribution in [3.8, 4) is 0 Å². The SMILES string of the molecule is O=C(Cn1ccccc1=O)NC[C@@H]1CC2c3ccccc3C1c1ccccc12. The van der Waals surface area contributed by atoms with Gasteiger partial charge in [0.1, 0.15) is 6.54 Å². The van der Waals surface area contributed by atoms with E-state index in [2.05, 4.69) is 53.8 Å². The number of hydrogen-bond acceptors (Lipinski definition) is 2. The normalized spacial score (nSPS) is 21.6. The zero-order valence-corrected chi connectivity index (χ0v) is 15.5. The van der Waals surface area contributed by atoms with Crippen LogP contribution in [0.4, 0.5) is 0 Å². The number of fused-ring (bicyclic) bond motifs is 1. The van der Waals surface area contributed by atoms with E-state index in [0.717, 1.165) is 6.42 Å². The Morgan fingerprint density at radius 2 is 1.50 bits per heavy atom. The molecule has 0 unspecified atom stereocenters. The van der Waals surface area contributed by atoms with E-state index in [1.807, 2.05) is 0 Å². The number of carbonyl (C=O) groups is 1. The van der Waals surface area contributed by atoms with Gasteiger partial charge >= 0.3 is 0 Å². The topological polar surface area (TPSA) is 51.1 Å². The monoisotopic (exact) mass is 370 g/mol. The number of amides is 1. The number of benzene rings is 2. The first-order valence-corrected chi connectivity index (χ1v) is 9.82. The molecule has 1 aromatic heterocycles. The third-order valence-electron chi connectivity index (χ3n) is 6.20. The molecule has 140 valence electrons. The standard InChI is InChI=1S/C24H22N2O2/c27-22(15-26-12-6-5-11-23(26)28)25-14-16-13-21-17-7-1-3-9-19(17)24(16)20-10-4-2-8-18(20)21/h1-12,16,21,24H,13-15H2,(H,25,27)/t16-,21?,24?/m0/s1. The highest BCUT2D eigenvalue weighted by Gasteiger charge is 2.42. The molecular formula is C24H22N2O2. The number of aromatic nitrogens is 1. The molecule has 2 bridgehead atoms.